The van der Waals surface area contributed by atoms with Crippen molar-refractivity contribution < 1.29 is 0 Å². The zero-order chi connectivity index (χ0) is 7.56. The molecule has 1 aliphatic rings. The van der Waals surface area contributed by atoms with E-state index in [1.807, 2.05) is 0 Å². The van der Waals surface area contributed by atoms with Gasteiger partial charge in [-0.25, -0.2) is 0 Å². The Labute approximate surface area is 72.6 Å². The first kappa shape index (κ1) is 8.30. The lowest BCUT2D eigenvalue weighted by Crippen LogP contribution is -2.45. The van der Waals surface area contributed by atoms with Crippen molar-refractivity contribution in [3.8, 4) is 0 Å². The van der Waals surface area contributed by atoms with Crippen LogP contribution in [0.25, 0.3) is 0 Å². The zero-order valence-corrected chi connectivity index (χ0v) is 7.79. The van der Waals surface area contributed by atoms with Crippen LogP contribution in [0.15, 0.2) is 0 Å². The molecule has 0 aromatic carbocycles. The average molecular weight is 176 g/mol. The van der Waals surface area contributed by atoms with E-state index in [1.165, 1.54) is 0 Å². The third kappa shape index (κ3) is 2.11. The van der Waals surface area contributed by atoms with Gasteiger partial charge in [0.05, 0.1) is 0 Å². The Hall–Kier alpha value is 0.200. The van der Waals surface area contributed by atoms with E-state index in [9.17, 15) is 0 Å². The third-order valence-corrected chi connectivity index (χ3v) is 2.31. The first-order valence-electron chi connectivity index (χ1n) is 3.36. The van der Waals surface area contributed by atoms with Gasteiger partial charge in [0.1, 0.15) is 4.32 Å². The minimum atomic E-state index is 0.730. The molecule has 0 saturated carbocycles. The number of rotatable bonds is 0. The second-order valence-electron chi connectivity index (χ2n) is 2.57. The van der Waals surface area contributed by atoms with Crippen LogP contribution in [0.2, 0.25) is 0 Å². The lowest BCUT2D eigenvalue weighted by atomic mass is 10.4. The SMILES string of the molecule is CN1CCN(C(=S)S)CC1. The number of piperazine rings is 1. The number of hydrogen-bond donors (Lipinski definition) is 1. The van der Waals surface area contributed by atoms with E-state index in [0.717, 1.165) is 30.5 Å². The van der Waals surface area contributed by atoms with Crippen LogP contribution in [0, 0.1) is 0 Å². The summed E-state index contributed by atoms with van der Waals surface area (Å²) in [5, 5.41) is 0. The van der Waals surface area contributed by atoms with Gasteiger partial charge in [0.15, 0.2) is 0 Å². The molecule has 4 heteroatoms. The van der Waals surface area contributed by atoms with Gasteiger partial charge < -0.3 is 9.80 Å². The van der Waals surface area contributed by atoms with Crippen LogP contribution in [-0.2, 0) is 0 Å². The topological polar surface area (TPSA) is 6.48 Å². The quantitative estimate of drug-likeness (QED) is 0.423. The summed E-state index contributed by atoms with van der Waals surface area (Å²) in [5.74, 6) is 0. The van der Waals surface area contributed by atoms with Gasteiger partial charge >= 0.3 is 0 Å². The number of hydrogen-bond acceptors (Lipinski definition) is 2. The van der Waals surface area contributed by atoms with Gasteiger partial charge in [-0.05, 0) is 7.05 Å². The molecule has 10 heavy (non-hydrogen) atoms. The van der Waals surface area contributed by atoms with Gasteiger partial charge in [-0.1, -0.05) is 12.2 Å². The summed E-state index contributed by atoms with van der Waals surface area (Å²) >= 11 is 9.04. The summed E-state index contributed by atoms with van der Waals surface area (Å²) in [6, 6.07) is 0. The van der Waals surface area contributed by atoms with Gasteiger partial charge in [-0.2, -0.15) is 0 Å². The molecule has 0 aliphatic carbocycles. The van der Waals surface area contributed by atoms with Crippen LogP contribution >= 0.6 is 24.8 Å². The molecule has 58 valence electrons. The molecule has 1 fully saturated rings. The van der Waals surface area contributed by atoms with Crippen molar-refractivity contribution in [2.45, 2.75) is 0 Å². The Kier molecular flexibility index (Phi) is 2.95. The molecule has 1 rings (SSSR count). The van der Waals surface area contributed by atoms with Crippen molar-refractivity contribution >= 4 is 29.2 Å². The van der Waals surface area contributed by atoms with Crippen LogP contribution in [-0.4, -0.2) is 47.3 Å². The summed E-state index contributed by atoms with van der Waals surface area (Å²) < 4.78 is 0.730. The first-order chi connectivity index (χ1) is 4.70. The molecule has 0 N–H and O–H groups in total. The first-order valence-corrected chi connectivity index (χ1v) is 4.22. The number of nitrogens with zero attached hydrogens (tertiary/aromatic N) is 2. The molecule has 0 atom stereocenters. The smallest absolute Gasteiger partial charge is 0.133 e. The molecule has 0 bridgehead atoms. The maximum Gasteiger partial charge on any atom is 0.133 e. The molecule has 1 heterocycles. The van der Waals surface area contributed by atoms with Crippen molar-refractivity contribution in [2.75, 3.05) is 33.2 Å². The van der Waals surface area contributed by atoms with Crippen LogP contribution in [0.4, 0.5) is 0 Å². The van der Waals surface area contributed by atoms with E-state index < -0.39 is 0 Å². The molecular formula is C6H12N2S2. The average Bonchev–Trinajstić information content (AvgIpc) is 1.88. The Balaban J connectivity index is 2.33. The maximum absolute atomic E-state index is 4.93. The second-order valence-corrected chi connectivity index (χ2v) is 3.69. The molecule has 1 saturated heterocycles. The standard InChI is InChI=1S/C6H12N2S2/c1-7-2-4-8(5-3-7)6(9)10/h2-5H2,1H3,(H,9,10). The highest BCUT2D eigenvalue weighted by atomic mass is 32.1. The van der Waals surface area contributed by atoms with E-state index in [4.69, 9.17) is 12.2 Å². The van der Waals surface area contributed by atoms with Crippen molar-refractivity contribution in [1.29, 1.82) is 0 Å². The molecule has 0 spiro atoms. The predicted octanol–water partition coefficient (Wildman–Crippen LogP) is 0.448. The van der Waals surface area contributed by atoms with Crippen LogP contribution in [0.5, 0.6) is 0 Å². The maximum atomic E-state index is 4.93. The highest BCUT2D eigenvalue weighted by Crippen LogP contribution is 2.02. The lowest BCUT2D eigenvalue weighted by molar-refractivity contribution is 0.220. The minimum absolute atomic E-state index is 0.730. The summed E-state index contributed by atoms with van der Waals surface area (Å²) in [6.45, 7) is 4.25. The molecule has 0 aromatic rings. The van der Waals surface area contributed by atoms with E-state index in [-0.39, 0.29) is 0 Å². The second kappa shape index (κ2) is 3.55. The van der Waals surface area contributed by atoms with Gasteiger partial charge in [0.2, 0.25) is 0 Å². The fraction of sp³-hybridized carbons (Fsp3) is 0.833. The van der Waals surface area contributed by atoms with E-state index in [2.05, 4.69) is 29.5 Å². The molecule has 0 radical (unpaired) electrons. The number of thiol groups is 1. The summed E-state index contributed by atoms with van der Waals surface area (Å²) in [7, 11) is 2.12. The Morgan fingerprint density at radius 2 is 1.80 bits per heavy atom. The third-order valence-electron chi connectivity index (χ3n) is 1.77. The van der Waals surface area contributed by atoms with Crippen LogP contribution in [0.1, 0.15) is 0 Å². The fourth-order valence-corrected chi connectivity index (χ4v) is 1.38. The van der Waals surface area contributed by atoms with E-state index in [0.29, 0.717) is 0 Å². The molecule has 1 aliphatic heterocycles. The van der Waals surface area contributed by atoms with Gasteiger partial charge in [-0.3, -0.25) is 0 Å². The van der Waals surface area contributed by atoms with Crippen LogP contribution < -0.4 is 0 Å². The minimum Gasteiger partial charge on any atom is -0.355 e. The van der Waals surface area contributed by atoms with Gasteiger partial charge in [-0.15, -0.1) is 12.6 Å². The molecule has 0 amide bonds. The Morgan fingerprint density at radius 3 is 2.20 bits per heavy atom. The van der Waals surface area contributed by atoms with Gasteiger partial charge in [0, 0.05) is 26.2 Å². The monoisotopic (exact) mass is 176 g/mol. The molecular weight excluding hydrogens is 164 g/mol. The highest BCUT2D eigenvalue weighted by molar-refractivity contribution is 8.10. The highest BCUT2D eigenvalue weighted by Gasteiger charge is 2.13. The Bertz CT molecular complexity index is 130. The Morgan fingerprint density at radius 1 is 1.30 bits per heavy atom. The van der Waals surface area contributed by atoms with Gasteiger partial charge in [0.25, 0.3) is 0 Å². The predicted molar refractivity (Wildman–Crippen MR) is 50.7 cm³/mol. The fourth-order valence-electron chi connectivity index (χ4n) is 0.998. The summed E-state index contributed by atoms with van der Waals surface area (Å²) in [4.78, 5) is 4.42. The van der Waals surface area contributed by atoms with Crippen LogP contribution in [0.3, 0.4) is 0 Å². The van der Waals surface area contributed by atoms with Crippen molar-refractivity contribution in [3.63, 3.8) is 0 Å². The molecule has 0 aromatic heterocycles. The largest absolute Gasteiger partial charge is 0.355 e. The molecule has 0 unspecified atom stereocenters. The summed E-state index contributed by atoms with van der Waals surface area (Å²) in [6.07, 6.45) is 0. The van der Waals surface area contributed by atoms with Crippen molar-refractivity contribution in [3.05, 3.63) is 0 Å². The van der Waals surface area contributed by atoms with Crippen molar-refractivity contribution in [1.82, 2.24) is 9.80 Å². The molecule has 2 nitrogen and oxygen atoms in total. The van der Waals surface area contributed by atoms with Crippen molar-refractivity contribution in [2.24, 2.45) is 0 Å². The zero-order valence-electron chi connectivity index (χ0n) is 6.08. The number of thiocarbonyl (C=S) groups is 1. The van der Waals surface area contributed by atoms with E-state index >= 15 is 0 Å². The van der Waals surface area contributed by atoms with E-state index in [1.54, 1.807) is 0 Å². The number of likely N-dealkylation sites (N-methyl/N-ethyl adjacent to an activating group) is 1. The summed E-state index contributed by atoms with van der Waals surface area (Å²) in [5.41, 5.74) is 0. The normalized spacial score (nSPS) is 21.2. The lowest BCUT2D eigenvalue weighted by Gasteiger charge is -2.32.